The van der Waals surface area contributed by atoms with Crippen LogP contribution < -0.4 is 4.90 Å². The zero-order chi connectivity index (χ0) is 25.5. The predicted molar refractivity (Wildman–Crippen MR) is 138 cm³/mol. The van der Waals surface area contributed by atoms with Gasteiger partial charge in [0.15, 0.2) is 0 Å². The molecule has 1 saturated heterocycles. The molecule has 2 aliphatic heterocycles. The van der Waals surface area contributed by atoms with E-state index in [4.69, 9.17) is 4.52 Å². The molecule has 0 saturated carbocycles. The summed E-state index contributed by atoms with van der Waals surface area (Å²) < 4.78 is 19.6. The van der Waals surface area contributed by atoms with Crippen LogP contribution in [0.2, 0.25) is 0 Å². The molecule has 3 heterocycles. The van der Waals surface area contributed by atoms with E-state index in [9.17, 15) is 14.0 Å². The van der Waals surface area contributed by atoms with Crippen molar-refractivity contribution in [2.45, 2.75) is 18.8 Å². The molecule has 1 aromatic heterocycles. The zero-order valence-electron chi connectivity index (χ0n) is 19.7. The molecule has 9 heteroatoms. The molecule has 0 spiro atoms. The monoisotopic (exact) mass is 512 g/mol. The average Bonchev–Trinajstić information content (AvgIpc) is 3.53. The SMILES string of the molecule is CC1=C(c2nc(-c3ccccc3)no2)SC2C1C(=O)N(c1ccccc1)C(=O)N2Cc1cccc(F)c1. The summed E-state index contributed by atoms with van der Waals surface area (Å²) in [6, 6.07) is 24.0. The van der Waals surface area contributed by atoms with Crippen LogP contribution in [-0.2, 0) is 11.3 Å². The Balaban J connectivity index is 1.40. The lowest BCUT2D eigenvalue weighted by molar-refractivity contribution is -0.122. The van der Waals surface area contributed by atoms with Crippen LogP contribution in [0.3, 0.4) is 0 Å². The number of nitrogens with zero attached hydrogens (tertiary/aromatic N) is 4. The lowest BCUT2D eigenvalue weighted by atomic mass is 9.94. The van der Waals surface area contributed by atoms with E-state index < -0.39 is 17.3 Å². The predicted octanol–water partition coefficient (Wildman–Crippen LogP) is 5.96. The summed E-state index contributed by atoms with van der Waals surface area (Å²) in [6.45, 7) is 2.00. The number of amides is 3. The summed E-state index contributed by atoms with van der Waals surface area (Å²) in [4.78, 5) is 35.6. The van der Waals surface area contributed by atoms with E-state index in [0.717, 1.165) is 11.1 Å². The van der Waals surface area contributed by atoms with Crippen molar-refractivity contribution in [2.75, 3.05) is 4.90 Å². The normalized spacial score (nSPS) is 19.5. The topological polar surface area (TPSA) is 79.5 Å². The fraction of sp³-hybridized carbons (Fsp3) is 0.143. The molecular formula is C28H21FN4O3S. The number of halogens is 1. The highest BCUT2D eigenvalue weighted by Crippen LogP contribution is 2.51. The van der Waals surface area contributed by atoms with Gasteiger partial charge >= 0.3 is 6.03 Å². The van der Waals surface area contributed by atoms with Gasteiger partial charge in [-0.25, -0.2) is 14.1 Å². The molecule has 3 aromatic carbocycles. The Labute approximate surface area is 216 Å². The average molecular weight is 513 g/mol. The molecule has 1 fully saturated rings. The first-order valence-corrected chi connectivity index (χ1v) is 12.6. The van der Waals surface area contributed by atoms with E-state index in [1.165, 1.54) is 28.8 Å². The number of imide groups is 1. The smallest absolute Gasteiger partial charge is 0.332 e. The van der Waals surface area contributed by atoms with Crippen LogP contribution in [0.1, 0.15) is 18.4 Å². The fourth-order valence-electron chi connectivity index (χ4n) is 4.70. The van der Waals surface area contributed by atoms with Gasteiger partial charge in [0, 0.05) is 12.1 Å². The lowest BCUT2D eigenvalue weighted by Crippen LogP contribution is -2.59. The van der Waals surface area contributed by atoms with Gasteiger partial charge in [-0.05, 0) is 42.3 Å². The van der Waals surface area contributed by atoms with E-state index >= 15 is 0 Å². The van der Waals surface area contributed by atoms with Crippen LogP contribution >= 0.6 is 11.8 Å². The van der Waals surface area contributed by atoms with Crippen LogP contribution in [0.25, 0.3) is 16.3 Å². The first-order valence-electron chi connectivity index (χ1n) is 11.7. The second kappa shape index (κ2) is 9.33. The van der Waals surface area contributed by atoms with Crippen LogP contribution in [0.4, 0.5) is 14.9 Å². The Morgan fingerprint density at radius 2 is 1.70 bits per heavy atom. The van der Waals surface area contributed by atoms with Gasteiger partial charge in [0.2, 0.25) is 11.7 Å². The Morgan fingerprint density at radius 3 is 2.43 bits per heavy atom. The molecular weight excluding hydrogens is 491 g/mol. The summed E-state index contributed by atoms with van der Waals surface area (Å²) in [6.07, 6.45) is 0. The number of thioether (sulfide) groups is 1. The second-order valence-corrected chi connectivity index (χ2v) is 9.96. The second-order valence-electron chi connectivity index (χ2n) is 8.84. The van der Waals surface area contributed by atoms with Gasteiger partial charge in [-0.2, -0.15) is 4.98 Å². The van der Waals surface area contributed by atoms with Crippen LogP contribution in [0.15, 0.2) is 95.0 Å². The number of benzene rings is 3. The third-order valence-electron chi connectivity index (χ3n) is 6.49. The molecule has 4 aromatic rings. The Morgan fingerprint density at radius 1 is 0.973 bits per heavy atom. The van der Waals surface area contributed by atoms with Crippen molar-refractivity contribution >= 4 is 34.3 Å². The first-order chi connectivity index (χ1) is 18.0. The Kier molecular flexibility index (Phi) is 5.84. The number of para-hydroxylation sites is 1. The highest BCUT2D eigenvalue weighted by Gasteiger charge is 2.52. The molecule has 0 N–H and O–H groups in total. The van der Waals surface area contributed by atoms with Gasteiger partial charge in [-0.1, -0.05) is 77.6 Å². The van der Waals surface area contributed by atoms with E-state index in [1.807, 2.05) is 43.3 Å². The fourth-order valence-corrected chi connectivity index (χ4v) is 6.19. The van der Waals surface area contributed by atoms with E-state index in [0.29, 0.717) is 27.9 Å². The quantitative estimate of drug-likeness (QED) is 0.328. The van der Waals surface area contributed by atoms with Gasteiger partial charge in [-0.15, -0.1) is 0 Å². The van der Waals surface area contributed by atoms with Crippen LogP contribution in [0, 0.1) is 11.7 Å². The maximum atomic E-state index is 14.0. The van der Waals surface area contributed by atoms with Crippen LogP contribution in [0.5, 0.6) is 0 Å². The maximum Gasteiger partial charge on any atom is 0.332 e. The lowest BCUT2D eigenvalue weighted by Gasteiger charge is -2.42. The number of rotatable bonds is 5. The van der Waals surface area contributed by atoms with E-state index in [-0.39, 0.29) is 18.3 Å². The standard InChI is InChI=1S/C28H21FN4O3S/c1-17-22-26(34)33(21-13-6-3-7-14-21)28(35)32(16-18-9-8-12-20(29)15-18)27(22)37-23(17)25-30-24(31-36-25)19-10-4-2-5-11-19/h2-15,22,27H,16H2,1H3. The minimum absolute atomic E-state index is 0.140. The van der Waals surface area contributed by atoms with Gasteiger partial charge in [-0.3, -0.25) is 4.79 Å². The molecule has 0 radical (unpaired) electrons. The first kappa shape index (κ1) is 23.2. The van der Waals surface area contributed by atoms with E-state index in [1.54, 1.807) is 41.3 Å². The summed E-state index contributed by atoms with van der Waals surface area (Å²) in [5.74, 6) is -0.592. The van der Waals surface area contributed by atoms with Crippen molar-refractivity contribution in [1.82, 2.24) is 15.0 Å². The molecule has 6 rings (SSSR count). The van der Waals surface area contributed by atoms with Crippen molar-refractivity contribution in [3.8, 4) is 11.4 Å². The highest BCUT2D eigenvalue weighted by atomic mass is 32.2. The number of fused-ring (bicyclic) bond motifs is 1. The number of hydrogen-bond donors (Lipinski definition) is 0. The van der Waals surface area contributed by atoms with Gasteiger partial charge in [0.05, 0.1) is 16.5 Å². The Hall–Kier alpha value is -4.24. The number of urea groups is 1. The molecule has 0 aliphatic carbocycles. The summed E-state index contributed by atoms with van der Waals surface area (Å²) in [7, 11) is 0. The van der Waals surface area contributed by atoms with Crippen molar-refractivity contribution in [2.24, 2.45) is 5.92 Å². The molecule has 0 bridgehead atoms. The number of aromatic nitrogens is 2. The molecule has 184 valence electrons. The molecule has 37 heavy (non-hydrogen) atoms. The van der Waals surface area contributed by atoms with E-state index in [2.05, 4.69) is 10.1 Å². The van der Waals surface area contributed by atoms with Crippen molar-refractivity contribution in [3.63, 3.8) is 0 Å². The number of hydrogen-bond acceptors (Lipinski definition) is 6. The van der Waals surface area contributed by atoms with Crippen molar-refractivity contribution in [3.05, 3.63) is 108 Å². The largest absolute Gasteiger partial charge is 0.333 e. The van der Waals surface area contributed by atoms with Gasteiger partial charge in [0.25, 0.3) is 5.89 Å². The molecule has 2 aliphatic rings. The molecule has 2 atom stereocenters. The maximum absolute atomic E-state index is 14.0. The third kappa shape index (κ3) is 4.11. The number of anilines is 1. The van der Waals surface area contributed by atoms with Gasteiger partial charge < -0.3 is 9.42 Å². The molecule has 2 unspecified atom stereocenters. The minimum Gasteiger partial charge on any atom is -0.333 e. The number of carbonyl (C=O) groups is 2. The third-order valence-corrected chi connectivity index (χ3v) is 7.99. The van der Waals surface area contributed by atoms with Crippen molar-refractivity contribution in [1.29, 1.82) is 0 Å². The molecule has 3 amide bonds. The van der Waals surface area contributed by atoms with Crippen molar-refractivity contribution < 1.29 is 18.5 Å². The highest BCUT2D eigenvalue weighted by molar-refractivity contribution is 8.09. The summed E-state index contributed by atoms with van der Waals surface area (Å²) >= 11 is 1.35. The van der Waals surface area contributed by atoms with Gasteiger partial charge in [0.1, 0.15) is 11.2 Å². The number of carbonyl (C=O) groups excluding carboxylic acids is 2. The molecule has 7 nitrogen and oxygen atoms in total. The summed E-state index contributed by atoms with van der Waals surface area (Å²) in [5.41, 5.74) is 2.67. The summed E-state index contributed by atoms with van der Waals surface area (Å²) in [5, 5.41) is 3.59. The Bertz CT molecular complexity index is 1520. The minimum atomic E-state index is -0.626. The van der Waals surface area contributed by atoms with Crippen LogP contribution in [-0.4, -0.2) is 32.4 Å². The zero-order valence-corrected chi connectivity index (χ0v) is 20.6.